The lowest BCUT2D eigenvalue weighted by molar-refractivity contribution is 0.0573. The van der Waals surface area contributed by atoms with Gasteiger partial charge in [0.25, 0.3) is 0 Å². The normalized spacial score (nSPS) is 30.7. The Morgan fingerprint density at radius 3 is 2.44 bits per heavy atom. The summed E-state index contributed by atoms with van der Waals surface area (Å²) in [6.07, 6.45) is 5.05. The van der Waals surface area contributed by atoms with Crippen LogP contribution in [-0.4, -0.2) is 24.5 Å². The van der Waals surface area contributed by atoms with Crippen LogP contribution in [0.2, 0.25) is 0 Å². The molecule has 1 aliphatic rings. The van der Waals surface area contributed by atoms with E-state index in [1.165, 1.54) is 36.1 Å². The van der Waals surface area contributed by atoms with Gasteiger partial charge in [-0.2, -0.15) is 0 Å². The van der Waals surface area contributed by atoms with E-state index in [2.05, 4.69) is 44.3 Å². The van der Waals surface area contributed by atoms with E-state index in [0.717, 1.165) is 5.92 Å². The van der Waals surface area contributed by atoms with Gasteiger partial charge in [-0.25, -0.2) is 0 Å². The van der Waals surface area contributed by atoms with Crippen molar-refractivity contribution in [2.45, 2.75) is 51.1 Å². The van der Waals surface area contributed by atoms with Crippen molar-refractivity contribution in [3.8, 4) is 0 Å². The Balaban J connectivity index is 2.28. The maximum absolute atomic E-state index is 6.67. The second kappa shape index (κ2) is 5.32. The van der Waals surface area contributed by atoms with E-state index in [0.29, 0.717) is 0 Å². The van der Waals surface area contributed by atoms with Gasteiger partial charge >= 0.3 is 0 Å². The zero-order valence-electron chi connectivity index (χ0n) is 12.1. The molecule has 18 heavy (non-hydrogen) atoms. The molecule has 2 nitrogen and oxygen atoms in total. The number of nitrogens with zero attached hydrogens (tertiary/aromatic N) is 1. The molecule has 1 aliphatic carbocycles. The SMILES string of the molecule is Cc1ccsc1C(N)C1(N(C)C)CCC(C)CC1. The average molecular weight is 266 g/mol. The van der Waals surface area contributed by atoms with Crippen LogP contribution in [0.25, 0.3) is 0 Å². The van der Waals surface area contributed by atoms with Crippen LogP contribution in [0.15, 0.2) is 11.4 Å². The van der Waals surface area contributed by atoms with Crippen LogP contribution in [0.5, 0.6) is 0 Å². The summed E-state index contributed by atoms with van der Waals surface area (Å²) in [5, 5.41) is 2.17. The fraction of sp³-hybridized carbons (Fsp3) is 0.733. The Bertz CT molecular complexity index is 389. The van der Waals surface area contributed by atoms with Crippen molar-refractivity contribution in [2.24, 2.45) is 11.7 Å². The number of thiophene rings is 1. The van der Waals surface area contributed by atoms with Crippen molar-refractivity contribution < 1.29 is 0 Å². The smallest absolute Gasteiger partial charge is 0.0579 e. The van der Waals surface area contributed by atoms with Crippen molar-refractivity contribution in [3.63, 3.8) is 0 Å². The molecule has 1 heterocycles. The van der Waals surface area contributed by atoms with Gasteiger partial charge in [0.2, 0.25) is 0 Å². The van der Waals surface area contributed by atoms with Crippen molar-refractivity contribution in [1.82, 2.24) is 4.90 Å². The van der Waals surface area contributed by atoms with Crippen molar-refractivity contribution in [1.29, 1.82) is 0 Å². The van der Waals surface area contributed by atoms with Crippen LogP contribution in [-0.2, 0) is 0 Å². The lowest BCUT2D eigenvalue weighted by atomic mass is 9.71. The highest BCUT2D eigenvalue weighted by Gasteiger charge is 2.42. The Kier molecular flexibility index (Phi) is 4.15. The highest BCUT2D eigenvalue weighted by atomic mass is 32.1. The molecular formula is C15H26N2S. The molecule has 1 saturated carbocycles. The van der Waals surface area contributed by atoms with Gasteiger partial charge in [0.1, 0.15) is 0 Å². The van der Waals surface area contributed by atoms with Gasteiger partial charge in [0.15, 0.2) is 0 Å². The fourth-order valence-electron chi connectivity index (χ4n) is 3.25. The van der Waals surface area contributed by atoms with Gasteiger partial charge in [0.05, 0.1) is 6.04 Å². The largest absolute Gasteiger partial charge is 0.322 e. The minimum absolute atomic E-state index is 0.153. The molecular weight excluding hydrogens is 240 g/mol. The van der Waals surface area contributed by atoms with E-state index in [1.807, 2.05) is 11.3 Å². The first-order valence-corrected chi connectivity index (χ1v) is 7.82. The third-order valence-electron chi connectivity index (χ3n) is 4.79. The Morgan fingerprint density at radius 1 is 1.39 bits per heavy atom. The topological polar surface area (TPSA) is 29.3 Å². The second-order valence-corrected chi connectivity index (χ2v) is 7.07. The molecule has 2 N–H and O–H groups in total. The summed E-state index contributed by atoms with van der Waals surface area (Å²) in [4.78, 5) is 3.75. The number of aryl methyl sites for hydroxylation is 1. The van der Waals surface area contributed by atoms with Crippen LogP contribution in [0.4, 0.5) is 0 Å². The van der Waals surface area contributed by atoms with E-state index < -0.39 is 0 Å². The molecule has 1 unspecified atom stereocenters. The summed E-state index contributed by atoms with van der Waals surface area (Å²) < 4.78 is 0. The number of rotatable bonds is 3. The number of nitrogens with two attached hydrogens (primary N) is 1. The van der Waals surface area contributed by atoms with E-state index in [4.69, 9.17) is 5.73 Å². The Hall–Kier alpha value is -0.380. The highest BCUT2D eigenvalue weighted by molar-refractivity contribution is 7.10. The minimum Gasteiger partial charge on any atom is -0.322 e. The van der Waals surface area contributed by atoms with E-state index in [-0.39, 0.29) is 11.6 Å². The zero-order valence-corrected chi connectivity index (χ0v) is 12.9. The predicted octanol–water partition coefficient (Wildman–Crippen LogP) is 3.57. The number of hydrogen-bond donors (Lipinski definition) is 1. The molecule has 0 radical (unpaired) electrons. The number of likely N-dealkylation sites (N-methyl/N-ethyl adjacent to an activating group) is 1. The highest BCUT2D eigenvalue weighted by Crippen LogP contribution is 2.44. The first kappa shape index (κ1) is 14.0. The summed E-state index contributed by atoms with van der Waals surface area (Å²) in [6.45, 7) is 4.54. The summed E-state index contributed by atoms with van der Waals surface area (Å²) in [5.74, 6) is 0.856. The van der Waals surface area contributed by atoms with Gasteiger partial charge in [-0.05, 0) is 69.6 Å². The van der Waals surface area contributed by atoms with Crippen molar-refractivity contribution in [3.05, 3.63) is 21.9 Å². The maximum Gasteiger partial charge on any atom is 0.0579 e. The molecule has 0 amide bonds. The quantitative estimate of drug-likeness (QED) is 0.906. The van der Waals surface area contributed by atoms with Crippen LogP contribution >= 0.6 is 11.3 Å². The van der Waals surface area contributed by atoms with E-state index in [9.17, 15) is 0 Å². The first-order valence-electron chi connectivity index (χ1n) is 6.94. The van der Waals surface area contributed by atoms with E-state index in [1.54, 1.807) is 0 Å². The molecule has 0 saturated heterocycles. The summed E-state index contributed by atoms with van der Waals surface area (Å²) in [7, 11) is 4.39. The average Bonchev–Trinajstić information content (AvgIpc) is 2.75. The second-order valence-electron chi connectivity index (χ2n) is 6.13. The maximum atomic E-state index is 6.67. The van der Waals surface area contributed by atoms with Crippen molar-refractivity contribution >= 4 is 11.3 Å². The van der Waals surface area contributed by atoms with E-state index >= 15 is 0 Å². The molecule has 1 atom stereocenters. The lowest BCUT2D eigenvalue weighted by Crippen LogP contribution is -2.54. The minimum atomic E-state index is 0.153. The van der Waals surface area contributed by atoms with Crippen LogP contribution in [0.3, 0.4) is 0 Å². The lowest BCUT2D eigenvalue weighted by Gasteiger charge is -2.48. The Morgan fingerprint density at radius 2 is 2.00 bits per heavy atom. The van der Waals surface area contributed by atoms with Gasteiger partial charge in [-0.1, -0.05) is 6.92 Å². The van der Waals surface area contributed by atoms with Crippen LogP contribution in [0.1, 0.15) is 49.1 Å². The third-order valence-corrected chi connectivity index (χ3v) is 5.90. The monoisotopic (exact) mass is 266 g/mol. The molecule has 102 valence electrons. The predicted molar refractivity (Wildman–Crippen MR) is 80.0 cm³/mol. The molecule has 1 aromatic rings. The molecule has 0 aliphatic heterocycles. The Labute approximate surface area is 115 Å². The fourth-order valence-corrected chi connectivity index (χ4v) is 4.28. The molecule has 0 aromatic carbocycles. The molecule has 0 bridgehead atoms. The molecule has 1 fully saturated rings. The number of hydrogen-bond acceptors (Lipinski definition) is 3. The zero-order chi connectivity index (χ0) is 13.3. The molecule has 1 aromatic heterocycles. The summed E-state index contributed by atoms with van der Waals surface area (Å²) >= 11 is 1.82. The van der Waals surface area contributed by atoms with Crippen molar-refractivity contribution in [2.75, 3.05) is 14.1 Å². The molecule has 0 spiro atoms. The third kappa shape index (κ3) is 2.36. The summed E-state index contributed by atoms with van der Waals surface area (Å²) in [6, 6.07) is 2.34. The van der Waals surface area contributed by atoms with Gasteiger partial charge in [0, 0.05) is 10.4 Å². The molecule has 2 rings (SSSR count). The first-order chi connectivity index (χ1) is 8.47. The summed E-state index contributed by atoms with van der Waals surface area (Å²) in [5.41, 5.74) is 8.17. The van der Waals surface area contributed by atoms with Gasteiger partial charge in [-0.3, -0.25) is 0 Å². The standard InChI is InChI=1S/C15H26N2S/c1-11-5-8-15(9-6-11,17(3)4)14(16)13-12(2)7-10-18-13/h7,10-11,14H,5-6,8-9,16H2,1-4H3. The van der Waals surface area contributed by atoms with Crippen LogP contribution < -0.4 is 5.73 Å². The molecule has 3 heteroatoms. The van der Waals surface area contributed by atoms with Gasteiger partial charge in [-0.15, -0.1) is 11.3 Å². The van der Waals surface area contributed by atoms with Gasteiger partial charge < -0.3 is 10.6 Å². The van der Waals surface area contributed by atoms with Crippen LogP contribution in [0, 0.1) is 12.8 Å².